The molecule has 0 radical (unpaired) electrons. The predicted molar refractivity (Wildman–Crippen MR) is 126 cm³/mol. The molecule has 170 valence electrons. The van der Waals surface area contributed by atoms with Gasteiger partial charge in [-0.05, 0) is 69.7 Å². The lowest BCUT2D eigenvalue weighted by atomic mass is 10.2. The zero-order valence-electron chi connectivity index (χ0n) is 19.0. The topological polar surface area (TPSA) is 79.0 Å². The Kier molecular flexibility index (Phi) is 8.74. The first-order valence-electron chi connectivity index (χ1n) is 10.5. The summed E-state index contributed by atoms with van der Waals surface area (Å²) in [6.07, 6.45) is 1.10. The minimum atomic E-state index is -3.67. The Balaban J connectivity index is 2.09. The molecule has 0 aliphatic carbocycles. The lowest BCUT2D eigenvalue weighted by Gasteiger charge is -2.28. The predicted octanol–water partition coefficient (Wildman–Crippen LogP) is 3.40. The molecule has 31 heavy (non-hydrogen) atoms. The summed E-state index contributed by atoms with van der Waals surface area (Å²) < 4.78 is 31.4. The molecule has 1 N–H and O–H groups in total. The van der Waals surface area contributed by atoms with E-state index in [4.69, 9.17) is 4.74 Å². The van der Waals surface area contributed by atoms with Crippen LogP contribution >= 0.6 is 0 Å². The first-order chi connectivity index (χ1) is 14.7. The largest absolute Gasteiger partial charge is 0.494 e. The molecule has 2 aromatic rings. The summed E-state index contributed by atoms with van der Waals surface area (Å²) in [6.45, 7) is 10.4. The van der Waals surface area contributed by atoms with E-state index in [2.05, 4.69) is 24.1 Å². The van der Waals surface area contributed by atoms with Gasteiger partial charge in [0.25, 0.3) is 0 Å². The summed E-state index contributed by atoms with van der Waals surface area (Å²) in [7, 11) is -3.67. The minimum Gasteiger partial charge on any atom is -0.494 e. The molecule has 0 spiro atoms. The van der Waals surface area contributed by atoms with Crippen molar-refractivity contribution >= 4 is 27.3 Å². The van der Waals surface area contributed by atoms with Crippen molar-refractivity contribution in [1.29, 1.82) is 0 Å². The summed E-state index contributed by atoms with van der Waals surface area (Å²) in [5.41, 5.74) is 2.49. The molecular formula is C23H33N3O4S. The zero-order chi connectivity index (χ0) is 23.0. The number of hydrogen-bond donors (Lipinski definition) is 1. The molecule has 0 fully saturated rings. The highest BCUT2D eigenvalue weighted by Gasteiger charge is 2.29. The third-order valence-corrected chi connectivity index (χ3v) is 6.26. The van der Waals surface area contributed by atoms with Crippen LogP contribution in [-0.2, 0) is 21.4 Å². The second kappa shape index (κ2) is 11.0. The monoisotopic (exact) mass is 447 g/mol. The number of hydrogen-bond acceptors (Lipinski definition) is 5. The summed E-state index contributed by atoms with van der Waals surface area (Å²) in [5.74, 6) is 0.275. The van der Waals surface area contributed by atoms with Gasteiger partial charge in [0.05, 0.1) is 18.6 Å². The number of carbonyl (C=O) groups is 1. The quantitative estimate of drug-likeness (QED) is 0.571. The van der Waals surface area contributed by atoms with Crippen LogP contribution in [0.5, 0.6) is 5.75 Å². The summed E-state index contributed by atoms with van der Waals surface area (Å²) in [6, 6.07) is 13.8. The normalized spacial score (nSPS) is 12.2. The second-order valence-corrected chi connectivity index (χ2v) is 9.08. The standard InChI is InChI=1S/C23H33N3O4S/c1-6-25(7-2)20-11-9-19(10-12-20)17-24-23(27)18(4)26(31(5,28)29)21-13-15-22(16-14-21)30-8-3/h9-16,18H,6-8,17H2,1-5H3,(H,24,27)/t18-/m1/s1. The fourth-order valence-corrected chi connectivity index (χ4v) is 4.59. The van der Waals surface area contributed by atoms with Gasteiger partial charge in [-0.15, -0.1) is 0 Å². The van der Waals surface area contributed by atoms with Gasteiger partial charge in [0.1, 0.15) is 11.8 Å². The lowest BCUT2D eigenvalue weighted by molar-refractivity contribution is -0.122. The van der Waals surface area contributed by atoms with E-state index in [1.165, 1.54) is 0 Å². The number of ether oxygens (including phenoxy) is 1. The van der Waals surface area contributed by atoms with Gasteiger partial charge in [-0.25, -0.2) is 8.42 Å². The van der Waals surface area contributed by atoms with Gasteiger partial charge in [0.2, 0.25) is 15.9 Å². The average Bonchev–Trinajstić information content (AvgIpc) is 2.74. The molecule has 2 rings (SSSR count). The summed E-state index contributed by atoms with van der Waals surface area (Å²) in [4.78, 5) is 15.0. The Morgan fingerprint density at radius 2 is 1.52 bits per heavy atom. The highest BCUT2D eigenvalue weighted by atomic mass is 32.2. The molecule has 0 heterocycles. The van der Waals surface area contributed by atoms with Crippen molar-refractivity contribution in [2.45, 2.75) is 40.3 Å². The number of carbonyl (C=O) groups excluding carboxylic acids is 1. The number of rotatable bonds is 11. The maximum absolute atomic E-state index is 12.8. The summed E-state index contributed by atoms with van der Waals surface area (Å²) >= 11 is 0. The second-order valence-electron chi connectivity index (χ2n) is 7.22. The molecule has 2 aromatic carbocycles. The third-order valence-electron chi connectivity index (χ3n) is 5.02. The van der Waals surface area contributed by atoms with E-state index in [1.54, 1.807) is 31.2 Å². The zero-order valence-corrected chi connectivity index (χ0v) is 19.8. The van der Waals surface area contributed by atoms with E-state index in [9.17, 15) is 13.2 Å². The number of sulfonamides is 1. The summed E-state index contributed by atoms with van der Waals surface area (Å²) in [5, 5.41) is 2.85. The molecule has 0 saturated carbocycles. The number of anilines is 2. The molecule has 8 heteroatoms. The van der Waals surface area contributed by atoms with Crippen molar-refractivity contribution in [1.82, 2.24) is 5.32 Å². The number of benzene rings is 2. The van der Waals surface area contributed by atoms with E-state index >= 15 is 0 Å². The maximum Gasteiger partial charge on any atom is 0.243 e. The third kappa shape index (κ3) is 6.62. The van der Waals surface area contributed by atoms with Gasteiger partial charge >= 0.3 is 0 Å². The van der Waals surface area contributed by atoms with Crippen LogP contribution in [0.25, 0.3) is 0 Å². The van der Waals surface area contributed by atoms with Crippen molar-refractivity contribution in [3.8, 4) is 5.75 Å². The average molecular weight is 448 g/mol. The van der Waals surface area contributed by atoms with Crippen LogP contribution in [0.3, 0.4) is 0 Å². The number of nitrogens with one attached hydrogen (secondary N) is 1. The Morgan fingerprint density at radius 1 is 0.968 bits per heavy atom. The van der Waals surface area contributed by atoms with E-state index < -0.39 is 16.1 Å². The van der Waals surface area contributed by atoms with Gasteiger partial charge in [-0.3, -0.25) is 9.10 Å². The molecule has 0 aliphatic rings. The first-order valence-corrected chi connectivity index (χ1v) is 12.4. The van der Waals surface area contributed by atoms with Crippen LogP contribution in [-0.4, -0.2) is 46.3 Å². The van der Waals surface area contributed by atoms with Crippen LogP contribution < -0.4 is 19.3 Å². The van der Waals surface area contributed by atoms with Crippen LogP contribution in [0.2, 0.25) is 0 Å². The van der Waals surface area contributed by atoms with Gasteiger partial charge in [-0.2, -0.15) is 0 Å². The van der Waals surface area contributed by atoms with Crippen LogP contribution in [0.15, 0.2) is 48.5 Å². The maximum atomic E-state index is 12.8. The number of amides is 1. The van der Waals surface area contributed by atoms with Crippen molar-refractivity contribution in [2.24, 2.45) is 0 Å². The Labute approximate surface area is 186 Å². The fourth-order valence-electron chi connectivity index (χ4n) is 3.42. The molecular weight excluding hydrogens is 414 g/mol. The molecule has 0 unspecified atom stereocenters. The molecule has 0 aliphatic heterocycles. The highest BCUT2D eigenvalue weighted by Crippen LogP contribution is 2.24. The van der Waals surface area contributed by atoms with Crippen LogP contribution in [0, 0.1) is 0 Å². The SMILES string of the molecule is CCOc1ccc(N([C@H](C)C(=O)NCc2ccc(N(CC)CC)cc2)S(C)(=O)=O)cc1. The first kappa shape index (κ1) is 24.5. The molecule has 1 amide bonds. The molecule has 0 saturated heterocycles. The van der Waals surface area contributed by atoms with E-state index in [0.29, 0.717) is 24.6 Å². The number of nitrogens with zero attached hydrogens (tertiary/aromatic N) is 2. The van der Waals surface area contributed by atoms with Crippen molar-refractivity contribution < 1.29 is 17.9 Å². The Hall–Kier alpha value is -2.74. The van der Waals surface area contributed by atoms with E-state index in [-0.39, 0.29) is 5.91 Å². The Bertz CT molecular complexity index is 940. The molecule has 0 aromatic heterocycles. The minimum absolute atomic E-state index is 0.322. The van der Waals surface area contributed by atoms with Gasteiger partial charge < -0.3 is 15.0 Å². The van der Waals surface area contributed by atoms with Crippen molar-refractivity contribution in [3.05, 3.63) is 54.1 Å². The fraction of sp³-hybridized carbons (Fsp3) is 0.435. The van der Waals surface area contributed by atoms with E-state index in [0.717, 1.165) is 34.9 Å². The smallest absolute Gasteiger partial charge is 0.243 e. The van der Waals surface area contributed by atoms with Gasteiger partial charge in [0.15, 0.2) is 0 Å². The van der Waals surface area contributed by atoms with E-state index in [1.807, 2.05) is 31.2 Å². The lowest BCUT2D eigenvalue weighted by Crippen LogP contribution is -2.47. The van der Waals surface area contributed by atoms with Gasteiger partial charge in [-0.1, -0.05) is 12.1 Å². The van der Waals surface area contributed by atoms with Crippen molar-refractivity contribution in [3.63, 3.8) is 0 Å². The van der Waals surface area contributed by atoms with Crippen LogP contribution in [0.1, 0.15) is 33.3 Å². The molecule has 7 nitrogen and oxygen atoms in total. The Morgan fingerprint density at radius 3 is 2.00 bits per heavy atom. The molecule has 1 atom stereocenters. The molecule has 0 bridgehead atoms. The van der Waals surface area contributed by atoms with Crippen LogP contribution in [0.4, 0.5) is 11.4 Å². The highest BCUT2D eigenvalue weighted by molar-refractivity contribution is 7.92. The van der Waals surface area contributed by atoms with Crippen molar-refractivity contribution in [2.75, 3.05) is 35.2 Å². The van der Waals surface area contributed by atoms with Gasteiger partial charge in [0, 0.05) is 25.3 Å².